The number of nitrogens with zero attached hydrogens (tertiary/aromatic N) is 1. The first-order chi connectivity index (χ1) is 8.48. The molecular formula is C15H26N2S. The molecular weight excluding hydrogens is 240 g/mol. The highest BCUT2D eigenvalue weighted by molar-refractivity contribution is 7.10. The van der Waals surface area contributed by atoms with Crippen molar-refractivity contribution in [3.8, 4) is 0 Å². The van der Waals surface area contributed by atoms with Crippen molar-refractivity contribution < 1.29 is 0 Å². The molecule has 102 valence electrons. The Kier molecular flexibility index (Phi) is 4.15. The molecule has 0 bridgehead atoms. The van der Waals surface area contributed by atoms with Crippen LogP contribution in [0.1, 0.15) is 50.6 Å². The van der Waals surface area contributed by atoms with Crippen LogP contribution in [0.25, 0.3) is 0 Å². The summed E-state index contributed by atoms with van der Waals surface area (Å²) >= 11 is 1.91. The minimum Gasteiger partial charge on any atom is -0.329 e. The van der Waals surface area contributed by atoms with E-state index in [4.69, 9.17) is 5.73 Å². The van der Waals surface area contributed by atoms with Crippen molar-refractivity contribution in [3.05, 3.63) is 21.9 Å². The normalized spacial score (nSPS) is 24.0. The van der Waals surface area contributed by atoms with Crippen LogP contribution in [0, 0.1) is 5.92 Å². The summed E-state index contributed by atoms with van der Waals surface area (Å²) in [4.78, 5) is 4.20. The number of nitrogens with two attached hydrogens (primary N) is 1. The van der Waals surface area contributed by atoms with E-state index < -0.39 is 0 Å². The molecule has 2 rings (SSSR count). The minimum absolute atomic E-state index is 0.132. The maximum Gasteiger partial charge on any atom is 0.0336 e. The van der Waals surface area contributed by atoms with Gasteiger partial charge < -0.3 is 5.73 Å². The fourth-order valence-electron chi connectivity index (χ4n) is 3.44. The van der Waals surface area contributed by atoms with Gasteiger partial charge in [0.25, 0.3) is 0 Å². The average molecular weight is 266 g/mol. The summed E-state index contributed by atoms with van der Waals surface area (Å²) in [5.41, 5.74) is 7.76. The highest BCUT2D eigenvalue weighted by Crippen LogP contribution is 2.38. The molecule has 2 atom stereocenters. The molecule has 2 nitrogen and oxygen atoms in total. The lowest BCUT2D eigenvalue weighted by molar-refractivity contribution is 0.0450. The molecule has 1 aliphatic heterocycles. The summed E-state index contributed by atoms with van der Waals surface area (Å²) in [6.07, 6.45) is 2.36. The summed E-state index contributed by atoms with van der Waals surface area (Å²) in [5, 5.41) is 2.23. The second-order valence-electron chi connectivity index (χ2n) is 6.22. The van der Waals surface area contributed by atoms with Crippen molar-refractivity contribution >= 4 is 11.3 Å². The zero-order chi connectivity index (χ0) is 13.3. The van der Waals surface area contributed by atoms with Gasteiger partial charge in [0.1, 0.15) is 0 Å². The third kappa shape index (κ3) is 2.49. The van der Waals surface area contributed by atoms with E-state index in [1.165, 1.54) is 18.4 Å². The Bertz CT molecular complexity index is 399. The molecule has 0 aromatic carbocycles. The SMILES string of the molecule is CC(C)CC(C)(CN)N1CCc2sccc2C1C. The van der Waals surface area contributed by atoms with Gasteiger partial charge in [0.15, 0.2) is 0 Å². The fraction of sp³-hybridized carbons (Fsp3) is 0.733. The summed E-state index contributed by atoms with van der Waals surface area (Å²) in [5.74, 6) is 0.689. The first-order valence-corrected chi connectivity index (χ1v) is 7.89. The van der Waals surface area contributed by atoms with E-state index in [1.54, 1.807) is 4.88 Å². The Labute approximate surface area is 115 Å². The van der Waals surface area contributed by atoms with E-state index >= 15 is 0 Å². The Morgan fingerprint density at radius 2 is 2.28 bits per heavy atom. The van der Waals surface area contributed by atoms with E-state index in [-0.39, 0.29) is 5.54 Å². The van der Waals surface area contributed by atoms with Crippen molar-refractivity contribution in [2.24, 2.45) is 11.7 Å². The molecule has 0 saturated carbocycles. The van der Waals surface area contributed by atoms with Crippen molar-refractivity contribution in [3.63, 3.8) is 0 Å². The zero-order valence-electron chi connectivity index (χ0n) is 12.1. The van der Waals surface area contributed by atoms with Crippen molar-refractivity contribution in [2.75, 3.05) is 13.1 Å². The molecule has 2 N–H and O–H groups in total. The van der Waals surface area contributed by atoms with E-state index in [9.17, 15) is 0 Å². The predicted octanol–water partition coefficient (Wildman–Crippen LogP) is 3.43. The molecule has 0 radical (unpaired) electrons. The molecule has 18 heavy (non-hydrogen) atoms. The molecule has 0 amide bonds. The Hall–Kier alpha value is -0.380. The van der Waals surface area contributed by atoms with Crippen LogP contribution in [0.15, 0.2) is 11.4 Å². The number of thiophene rings is 1. The van der Waals surface area contributed by atoms with Crippen LogP contribution in [0.4, 0.5) is 0 Å². The second kappa shape index (κ2) is 5.32. The number of fused-ring (bicyclic) bond motifs is 1. The smallest absolute Gasteiger partial charge is 0.0336 e. The molecule has 3 heteroatoms. The van der Waals surface area contributed by atoms with Crippen LogP contribution in [0.3, 0.4) is 0 Å². The average Bonchev–Trinajstić information content (AvgIpc) is 2.77. The van der Waals surface area contributed by atoms with Crippen molar-refractivity contribution in [2.45, 2.75) is 52.1 Å². The van der Waals surface area contributed by atoms with Gasteiger partial charge in [-0.1, -0.05) is 13.8 Å². The van der Waals surface area contributed by atoms with Gasteiger partial charge in [-0.3, -0.25) is 4.90 Å². The van der Waals surface area contributed by atoms with Gasteiger partial charge in [-0.05, 0) is 49.6 Å². The Morgan fingerprint density at radius 1 is 1.56 bits per heavy atom. The summed E-state index contributed by atoms with van der Waals surface area (Å²) in [6, 6.07) is 2.80. The first kappa shape index (κ1) is 14.0. The van der Waals surface area contributed by atoms with E-state index in [1.807, 2.05) is 11.3 Å². The summed E-state index contributed by atoms with van der Waals surface area (Å²) < 4.78 is 0. The van der Waals surface area contributed by atoms with Crippen molar-refractivity contribution in [1.82, 2.24) is 4.90 Å². The van der Waals surface area contributed by atoms with Crippen LogP contribution in [-0.4, -0.2) is 23.5 Å². The van der Waals surface area contributed by atoms with Crippen LogP contribution in [-0.2, 0) is 6.42 Å². The second-order valence-corrected chi connectivity index (χ2v) is 7.22. The third-order valence-electron chi connectivity index (χ3n) is 4.26. The quantitative estimate of drug-likeness (QED) is 0.904. The summed E-state index contributed by atoms with van der Waals surface area (Å²) in [7, 11) is 0. The number of hydrogen-bond acceptors (Lipinski definition) is 3. The van der Waals surface area contributed by atoms with Crippen LogP contribution < -0.4 is 5.73 Å². The topological polar surface area (TPSA) is 29.3 Å². The van der Waals surface area contributed by atoms with E-state index in [2.05, 4.69) is 44.0 Å². The maximum absolute atomic E-state index is 6.10. The monoisotopic (exact) mass is 266 g/mol. The van der Waals surface area contributed by atoms with Crippen LogP contribution >= 0.6 is 11.3 Å². The Morgan fingerprint density at radius 3 is 2.89 bits per heavy atom. The Balaban J connectivity index is 2.23. The largest absolute Gasteiger partial charge is 0.329 e. The lowest BCUT2D eigenvalue weighted by Gasteiger charge is -2.47. The van der Waals surface area contributed by atoms with Crippen molar-refractivity contribution in [1.29, 1.82) is 0 Å². The molecule has 0 spiro atoms. The van der Waals surface area contributed by atoms with E-state index in [0.717, 1.165) is 13.1 Å². The fourth-order valence-corrected chi connectivity index (χ4v) is 4.41. The molecule has 0 fully saturated rings. The predicted molar refractivity (Wildman–Crippen MR) is 80.1 cm³/mol. The molecule has 1 aromatic rings. The minimum atomic E-state index is 0.132. The van der Waals surface area contributed by atoms with Gasteiger partial charge in [0.05, 0.1) is 0 Å². The third-order valence-corrected chi connectivity index (χ3v) is 5.25. The molecule has 0 aliphatic carbocycles. The first-order valence-electron chi connectivity index (χ1n) is 7.01. The lowest BCUT2D eigenvalue weighted by Crippen LogP contribution is -2.55. The van der Waals surface area contributed by atoms with Gasteiger partial charge in [-0.15, -0.1) is 11.3 Å². The highest BCUT2D eigenvalue weighted by atomic mass is 32.1. The molecule has 2 heterocycles. The van der Waals surface area contributed by atoms with E-state index in [0.29, 0.717) is 12.0 Å². The number of hydrogen-bond donors (Lipinski definition) is 1. The van der Waals surface area contributed by atoms with Crippen LogP contribution in [0.5, 0.6) is 0 Å². The maximum atomic E-state index is 6.10. The number of rotatable bonds is 4. The van der Waals surface area contributed by atoms with Gasteiger partial charge in [-0.25, -0.2) is 0 Å². The van der Waals surface area contributed by atoms with Gasteiger partial charge in [-0.2, -0.15) is 0 Å². The van der Waals surface area contributed by atoms with Gasteiger partial charge in [0, 0.05) is 29.5 Å². The highest BCUT2D eigenvalue weighted by Gasteiger charge is 2.37. The molecule has 0 saturated heterocycles. The molecule has 2 unspecified atom stereocenters. The van der Waals surface area contributed by atoms with Gasteiger partial charge in [0.2, 0.25) is 0 Å². The molecule has 1 aromatic heterocycles. The zero-order valence-corrected chi connectivity index (χ0v) is 12.9. The van der Waals surface area contributed by atoms with Gasteiger partial charge >= 0.3 is 0 Å². The summed E-state index contributed by atoms with van der Waals surface area (Å²) in [6.45, 7) is 11.1. The van der Waals surface area contributed by atoms with Crippen LogP contribution in [0.2, 0.25) is 0 Å². The molecule has 1 aliphatic rings. The lowest BCUT2D eigenvalue weighted by atomic mass is 9.85. The standard InChI is InChI=1S/C15H26N2S/c1-11(2)9-15(4,10-16)17-7-5-14-13(12(17)3)6-8-18-14/h6,8,11-12H,5,7,9-10,16H2,1-4H3.